The number of carbonyl (C=O) groups is 1. The molecule has 5 heteroatoms. The first-order valence-electron chi connectivity index (χ1n) is 9.58. The number of amides is 2. The normalized spacial score (nSPS) is 10.5. The summed E-state index contributed by atoms with van der Waals surface area (Å²) in [5, 5.41) is 10.3. The zero-order valence-electron chi connectivity index (χ0n) is 16.0. The minimum Gasteiger partial charge on any atom is -0.337 e. The summed E-state index contributed by atoms with van der Waals surface area (Å²) in [6.45, 7) is 0.514. The fourth-order valence-corrected chi connectivity index (χ4v) is 3.08. The Morgan fingerprint density at radius 1 is 0.793 bits per heavy atom. The molecule has 1 aromatic heterocycles. The van der Waals surface area contributed by atoms with Crippen molar-refractivity contribution in [2.24, 2.45) is 0 Å². The molecule has 2 amide bonds. The van der Waals surface area contributed by atoms with Gasteiger partial charge in [-0.25, -0.2) is 9.48 Å². The minimum absolute atomic E-state index is 0.222. The molecule has 29 heavy (non-hydrogen) atoms. The van der Waals surface area contributed by atoms with Crippen LogP contribution in [0.5, 0.6) is 0 Å². The van der Waals surface area contributed by atoms with Crippen LogP contribution in [0.3, 0.4) is 0 Å². The highest BCUT2D eigenvalue weighted by Crippen LogP contribution is 2.20. The number of rotatable bonds is 6. The Hall–Kier alpha value is -3.86. The van der Waals surface area contributed by atoms with E-state index in [2.05, 4.69) is 27.9 Å². The first-order valence-corrected chi connectivity index (χ1v) is 9.58. The molecule has 0 saturated heterocycles. The molecule has 5 nitrogen and oxygen atoms in total. The smallest absolute Gasteiger partial charge is 0.319 e. The molecule has 0 aliphatic rings. The van der Waals surface area contributed by atoms with Gasteiger partial charge in [0.05, 0.1) is 11.4 Å². The van der Waals surface area contributed by atoms with Crippen molar-refractivity contribution in [2.75, 3.05) is 11.9 Å². The summed E-state index contributed by atoms with van der Waals surface area (Å²) in [5.41, 5.74) is 4.98. The van der Waals surface area contributed by atoms with Gasteiger partial charge >= 0.3 is 6.03 Å². The van der Waals surface area contributed by atoms with Crippen LogP contribution in [-0.4, -0.2) is 22.4 Å². The lowest BCUT2D eigenvalue weighted by molar-refractivity contribution is 0.252. The van der Waals surface area contributed by atoms with Gasteiger partial charge in [0.1, 0.15) is 0 Å². The first-order chi connectivity index (χ1) is 14.3. The van der Waals surface area contributed by atoms with Gasteiger partial charge in [-0.2, -0.15) is 5.10 Å². The highest BCUT2D eigenvalue weighted by Gasteiger charge is 2.04. The Balaban J connectivity index is 1.26. The van der Waals surface area contributed by atoms with Crippen LogP contribution in [0.25, 0.3) is 16.8 Å². The monoisotopic (exact) mass is 382 g/mol. The van der Waals surface area contributed by atoms with Crippen LogP contribution in [0.4, 0.5) is 10.5 Å². The standard InChI is InChI=1S/C24H22N4O/c29-24(26-21-13-11-20(12-14-21)19-7-3-1-4-8-19)25-17-15-22-16-18-28(27-22)23-9-5-2-6-10-23/h1-14,16,18H,15,17H2,(H2,25,26,29). The lowest BCUT2D eigenvalue weighted by Gasteiger charge is -2.08. The highest BCUT2D eigenvalue weighted by molar-refractivity contribution is 5.89. The average Bonchev–Trinajstić information content (AvgIpc) is 3.24. The Labute approximate surface area is 170 Å². The number of nitrogens with zero attached hydrogens (tertiary/aromatic N) is 2. The molecule has 0 atom stereocenters. The van der Waals surface area contributed by atoms with E-state index in [4.69, 9.17) is 0 Å². The van der Waals surface area contributed by atoms with Gasteiger partial charge in [-0.05, 0) is 41.5 Å². The first kappa shape index (κ1) is 18.5. The molecule has 0 radical (unpaired) electrons. The van der Waals surface area contributed by atoms with Crippen LogP contribution in [0.2, 0.25) is 0 Å². The second kappa shape index (κ2) is 8.89. The van der Waals surface area contributed by atoms with Gasteiger partial charge < -0.3 is 10.6 Å². The topological polar surface area (TPSA) is 59.0 Å². The van der Waals surface area contributed by atoms with Crippen LogP contribution < -0.4 is 10.6 Å². The lowest BCUT2D eigenvalue weighted by Crippen LogP contribution is -2.30. The van der Waals surface area contributed by atoms with Crippen molar-refractivity contribution in [2.45, 2.75) is 6.42 Å². The minimum atomic E-state index is -0.222. The number of carbonyl (C=O) groups excluding carboxylic acids is 1. The Morgan fingerprint density at radius 3 is 2.17 bits per heavy atom. The van der Waals surface area contributed by atoms with Crippen LogP contribution in [-0.2, 0) is 6.42 Å². The Bertz CT molecular complexity index is 1060. The van der Waals surface area contributed by atoms with E-state index in [-0.39, 0.29) is 6.03 Å². The number of hydrogen-bond acceptors (Lipinski definition) is 2. The number of nitrogens with one attached hydrogen (secondary N) is 2. The Morgan fingerprint density at radius 2 is 1.45 bits per heavy atom. The van der Waals surface area contributed by atoms with Crippen molar-refractivity contribution in [3.05, 3.63) is 103 Å². The quantitative estimate of drug-likeness (QED) is 0.498. The third-order valence-corrected chi connectivity index (χ3v) is 4.58. The number of benzene rings is 3. The van der Waals surface area contributed by atoms with Gasteiger partial charge in [-0.3, -0.25) is 0 Å². The molecule has 0 saturated carbocycles. The molecule has 3 aromatic carbocycles. The van der Waals surface area contributed by atoms with Crippen molar-refractivity contribution in [1.82, 2.24) is 15.1 Å². The molecule has 0 spiro atoms. The molecule has 0 aliphatic carbocycles. The molecule has 0 aliphatic heterocycles. The van der Waals surface area contributed by atoms with E-state index in [1.807, 2.05) is 89.7 Å². The van der Waals surface area contributed by atoms with Crippen molar-refractivity contribution in [1.29, 1.82) is 0 Å². The maximum absolute atomic E-state index is 12.1. The number of urea groups is 1. The molecule has 144 valence electrons. The third kappa shape index (κ3) is 4.90. The third-order valence-electron chi connectivity index (χ3n) is 4.58. The summed E-state index contributed by atoms with van der Waals surface area (Å²) >= 11 is 0. The number of aromatic nitrogens is 2. The summed E-state index contributed by atoms with van der Waals surface area (Å²) in [5.74, 6) is 0. The number of anilines is 1. The predicted molar refractivity (Wildman–Crippen MR) is 116 cm³/mol. The van der Waals surface area contributed by atoms with Crippen LogP contribution in [0.1, 0.15) is 5.69 Å². The molecule has 0 unspecified atom stereocenters. The molecular formula is C24H22N4O. The predicted octanol–water partition coefficient (Wildman–Crippen LogP) is 4.90. The zero-order chi connectivity index (χ0) is 19.9. The van der Waals surface area contributed by atoms with Crippen molar-refractivity contribution in [3.63, 3.8) is 0 Å². The molecule has 0 bridgehead atoms. The van der Waals surface area contributed by atoms with Crippen molar-refractivity contribution in [3.8, 4) is 16.8 Å². The van der Waals surface area contributed by atoms with Gasteiger partial charge in [0.25, 0.3) is 0 Å². The molecule has 4 aromatic rings. The van der Waals surface area contributed by atoms with E-state index < -0.39 is 0 Å². The van der Waals surface area contributed by atoms with Crippen LogP contribution in [0, 0.1) is 0 Å². The number of hydrogen-bond donors (Lipinski definition) is 2. The fourth-order valence-electron chi connectivity index (χ4n) is 3.08. The van der Waals surface area contributed by atoms with Crippen LogP contribution in [0.15, 0.2) is 97.2 Å². The van der Waals surface area contributed by atoms with E-state index in [0.29, 0.717) is 13.0 Å². The van der Waals surface area contributed by atoms with Gasteiger partial charge in [-0.15, -0.1) is 0 Å². The van der Waals surface area contributed by atoms with Crippen molar-refractivity contribution >= 4 is 11.7 Å². The average molecular weight is 382 g/mol. The van der Waals surface area contributed by atoms with Gasteiger partial charge in [0.2, 0.25) is 0 Å². The molecule has 2 N–H and O–H groups in total. The second-order valence-corrected chi connectivity index (χ2v) is 6.66. The van der Waals surface area contributed by atoms with E-state index >= 15 is 0 Å². The summed E-state index contributed by atoms with van der Waals surface area (Å²) in [4.78, 5) is 12.1. The summed E-state index contributed by atoms with van der Waals surface area (Å²) in [6, 6.07) is 29.7. The summed E-state index contributed by atoms with van der Waals surface area (Å²) in [7, 11) is 0. The fraction of sp³-hybridized carbons (Fsp3) is 0.0833. The summed E-state index contributed by atoms with van der Waals surface area (Å²) < 4.78 is 1.84. The van der Waals surface area contributed by atoms with Crippen LogP contribution >= 0.6 is 0 Å². The van der Waals surface area contributed by atoms with E-state index in [1.165, 1.54) is 0 Å². The largest absolute Gasteiger partial charge is 0.337 e. The molecule has 0 fully saturated rings. The van der Waals surface area contributed by atoms with E-state index in [1.54, 1.807) is 0 Å². The molecule has 1 heterocycles. The highest BCUT2D eigenvalue weighted by atomic mass is 16.2. The zero-order valence-corrected chi connectivity index (χ0v) is 16.0. The molecular weight excluding hydrogens is 360 g/mol. The number of para-hydroxylation sites is 1. The van der Waals surface area contributed by atoms with E-state index in [0.717, 1.165) is 28.2 Å². The summed E-state index contributed by atoms with van der Waals surface area (Å²) in [6.07, 6.45) is 2.60. The van der Waals surface area contributed by atoms with Gasteiger partial charge in [0, 0.05) is 24.8 Å². The maximum Gasteiger partial charge on any atom is 0.319 e. The maximum atomic E-state index is 12.1. The van der Waals surface area contributed by atoms with E-state index in [9.17, 15) is 4.79 Å². The van der Waals surface area contributed by atoms with Gasteiger partial charge in [0.15, 0.2) is 0 Å². The second-order valence-electron chi connectivity index (χ2n) is 6.66. The SMILES string of the molecule is O=C(NCCc1ccn(-c2ccccc2)n1)Nc1ccc(-c2ccccc2)cc1. The van der Waals surface area contributed by atoms with Gasteiger partial charge in [-0.1, -0.05) is 60.7 Å². The lowest BCUT2D eigenvalue weighted by atomic mass is 10.1. The molecule has 4 rings (SSSR count). The van der Waals surface area contributed by atoms with Crippen molar-refractivity contribution < 1.29 is 4.79 Å². The Kier molecular flexibility index (Phi) is 5.67.